The Hall–Kier alpha value is -1.26. The molecule has 1 aromatic carbocycles. The van der Waals surface area contributed by atoms with E-state index >= 15 is 0 Å². The summed E-state index contributed by atoms with van der Waals surface area (Å²) in [7, 11) is 1.80. The molecule has 1 saturated heterocycles. The van der Waals surface area contributed by atoms with E-state index in [2.05, 4.69) is 39.3 Å². The summed E-state index contributed by atoms with van der Waals surface area (Å²) in [4.78, 5) is 9.42. The minimum atomic E-state index is -0.0271. The van der Waals surface area contributed by atoms with Crippen LogP contribution >= 0.6 is 24.0 Å². The smallest absolute Gasteiger partial charge is 0.191 e. The van der Waals surface area contributed by atoms with Crippen molar-refractivity contribution >= 4 is 29.9 Å². The zero-order valence-corrected chi connectivity index (χ0v) is 20.2. The van der Waals surface area contributed by atoms with Gasteiger partial charge in [-0.2, -0.15) is 0 Å². The first-order valence-electron chi connectivity index (χ1n) is 10.5. The van der Waals surface area contributed by atoms with E-state index < -0.39 is 0 Å². The fraction of sp³-hybridized carbons (Fsp3) is 0.667. The molecule has 164 valence electrons. The Bertz CT molecular complexity index is 637. The lowest BCUT2D eigenvalue weighted by atomic mass is 10.1. The summed E-state index contributed by atoms with van der Waals surface area (Å²) in [6.07, 6.45) is -0.0271. The number of fused-ring (bicyclic) bond motifs is 1. The van der Waals surface area contributed by atoms with Gasteiger partial charge < -0.3 is 29.9 Å². The molecule has 1 fully saturated rings. The molecule has 8 heteroatoms. The van der Waals surface area contributed by atoms with Gasteiger partial charge in [0.05, 0.1) is 6.54 Å². The summed E-state index contributed by atoms with van der Waals surface area (Å²) in [6, 6.07) is 7.79. The van der Waals surface area contributed by atoms with Crippen LogP contribution in [0, 0.1) is 5.92 Å². The molecule has 3 rings (SSSR count). The normalized spacial score (nSPS) is 21.2. The molecule has 0 spiro atoms. The number of halogens is 1. The molecular weight excluding hydrogens is 481 g/mol. The average Bonchev–Trinajstić information content (AvgIpc) is 2.74. The van der Waals surface area contributed by atoms with Gasteiger partial charge in [0.1, 0.15) is 12.7 Å². The fourth-order valence-corrected chi connectivity index (χ4v) is 3.66. The third-order valence-corrected chi connectivity index (χ3v) is 5.39. The Morgan fingerprint density at radius 3 is 2.52 bits per heavy atom. The summed E-state index contributed by atoms with van der Waals surface area (Å²) in [5.41, 5.74) is 0. The highest BCUT2D eigenvalue weighted by Crippen LogP contribution is 2.30. The maximum absolute atomic E-state index is 5.99. The highest BCUT2D eigenvalue weighted by Gasteiger charge is 2.21. The number of aliphatic imine (C=N–C) groups is 1. The van der Waals surface area contributed by atoms with E-state index in [1.165, 1.54) is 26.2 Å². The lowest BCUT2D eigenvalue weighted by Gasteiger charge is -2.35. The van der Waals surface area contributed by atoms with Crippen LogP contribution in [0.4, 0.5) is 0 Å². The minimum Gasteiger partial charge on any atom is -0.486 e. The Kier molecular flexibility index (Phi) is 10.3. The number of guanidine groups is 1. The maximum atomic E-state index is 5.99. The Morgan fingerprint density at radius 2 is 1.83 bits per heavy atom. The molecule has 0 aliphatic carbocycles. The molecule has 2 unspecified atom stereocenters. The van der Waals surface area contributed by atoms with Crippen molar-refractivity contribution in [1.82, 2.24) is 20.4 Å². The molecule has 1 aromatic rings. The van der Waals surface area contributed by atoms with Gasteiger partial charge >= 0.3 is 0 Å². The van der Waals surface area contributed by atoms with Crippen LogP contribution in [0.25, 0.3) is 0 Å². The van der Waals surface area contributed by atoms with E-state index in [1.54, 1.807) is 7.05 Å². The van der Waals surface area contributed by atoms with Crippen molar-refractivity contribution in [2.24, 2.45) is 10.9 Å². The van der Waals surface area contributed by atoms with Crippen LogP contribution in [0.3, 0.4) is 0 Å². The first kappa shape index (κ1) is 24.0. The second kappa shape index (κ2) is 12.4. The van der Waals surface area contributed by atoms with Crippen LogP contribution < -0.4 is 20.1 Å². The molecule has 0 radical (unpaired) electrons. The lowest BCUT2D eigenvalue weighted by Crippen LogP contribution is -2.49. The van der Waals surface area contributed by atoms with Crippen molar-refractivity contribution < 1.29 is 9.47 Å². The highest BCUT2D eigenvalue weighted by molar-refractivity contribution is 14.0. The fourth-order valence-electron chi connectivity index (χ4n) is 3.66. The van der Waals surface area contributed by atoms with E-state index in [9.17, 15) is 0 Å². The third-order valence-electron chi connectivity index (χ3n) is 5.39. The molecule has 2 atom stereocenters. The molecule has 2 N–H and O–H groups in total. The number of nitrogens with zero attached hydrogens (tertiary/aromatic N) is 3. The molecule has 29 heavy (non-hydrogen) atoms. The molecule has 7 nitrogen and oxygen atoms in total. The van der Waals surface area contributed by atoms with Crippen molar-refractivity contribution in [3.8, 4) is 11.5 Å². The van der Waals surface area contributed by atoms with Gasteiger partial charge in [-0.05, 0) is 24.6 Å². The van der Waals surface area contributed by atoms with Gasteiger partial charge in [0, 0.05) is 46.3 Å². The van der Waals surface area contributed by atoms with Gasteiger partial charge in [0.15, 0.2) is 17.5 Å². The van der Waals surface area contributed by atoms with E-state index in [0.29, 0.717) is 19.1 Å². The van der Waals surface area contributed by atoms with Crippen molar-refractivity contribution in [3.63, 3.8) is 0 Å². The van der Waals surface area contributed by atoms with Gasteiger partial charge in [-0.25, -0.2) is 0 Å². The van der Waals surface area contributed by atoms with Crippen LogP contribution in [-0.4, -0.2) is 87.9 Å². The zero-order chi connectivity index (χ0) is 19.8. The van der Waals surface area contributed by atoms with Gasteiger partial charge in [-0.1, -0.05) is 26.0 Å². The molecule has 0 saturated carbocycles. The first-order valence-corrected chi connectivity index (χ1v) is 10.5. The zero-order valence-electron chi connectivity index (χ0n) is 17.9. The highest BCUT2D eigenvalue weighted by atomic mass is 127. The van der Waals surface area contributed by atoms with E-state index in [0.717, 1.165) is 37.1 Å². The van der Waals surface area contributed by atoms with Crippen molar-refractivity contribution in [2.75, 3.05) is 66.0 Å². The Labute approximate surface area is 192 Å². The standard InChI is InChI=1S/C21H35N5O2.HI/c1-4-25-9-11-26(12-10-25)15-17(2)13-23-21(22-3)24-14-18-16-27-19-7-5-6-8-20(19)28-18;/h5-8,17-18H,4,9-16H2,1-3H3,(H2,22,23,24);1H. The summed E-state index contributed by atoms with van der Waals surface area (Å²) in [5.74, 6) is 2.99. The van der Waals surface area contributed by atoms with Crippen molar-refractivity contribution in [1.29, 1.82) is 0 Å². The second-order valence-electron chi connectivity index (χ2n) is 7.67. The molecule has 2 aliphatic heterocycles. The summed E-state index contributed by atoms with van der Waals surface area (Å²) in [5, 5.41) is 6.80. The minimum absolute atomic E-state index is 0. The summed E-state index contributed by atoms with van der Waals surface area (Å²) in [6.45, 7) is 13.6. The molecule has 0 aromatic heterocycles. The van der Waals surface area contributed by atoms with E-state index in [4.69, 9.17) is 9.47 Å². The van der Waals surface area contributed by atoms with Crippen LogP contribution in [-0.2, 0) is 0 Å². The van der Waals surface area contributed by atoms with Gasteiger partial charge in [-0.3, -0.25) is 4.99 Å². The maximum Gasteiger partial charge on any atom is 0.191 e. The number of ether oxygens (including phenoxy) is 2. The Morgan fingerprint density at radius 1 is 1.14 bits per heavy atom. The van der Waals surface area contributed by atoms with Crippen molar-refractivity contribution in [2.45, 2.75) is 20.0 Å². The predicted molar refractivity (Wildman–Crippen MR) is 129 cm³/mol. The first-order chi connectivity index (χ1) is 13.7. The average molecular weight is 517 g/mol. The van der Waals surface area contributed by atoms with Gasteiger partial charge in [0.2, 0.25) is 0 Å². The number of piperazine rings is 1. The number of hydrogen-bond acceptors (Lipinski definition) is 5. The number of benzene rings is 1. The SMILES string of the molecule is CCN1CCN(CC(C)CNC(=NC)NCC2COc3ccccc3O2)CC1.I. The predicted octanol–water partition coefficient (Wildman–Crippen LogP) is 1.88. The summed E-state index contributed by atoms with van der Waals surface area (Å²) < 4.78 is 11.8. The lowest BCUT2D eigenvalue weighted by molar-refractivity contribution is 0.0935. The van der Waals surface area contributed by atoms with E-state index in [1.807, 2.05) is 24.3 Å². The third kappa shape index (κ3) is 7.49. The van der Waals surface area contributed by atoms with Crippen LogP contribution in [0.15, 0.2) is 29.3 Å². The van der Waals surface area contributed by atoms with Crippen molar-refractivity contribution in [3.05, 3.63) is 24.3 Å². The van der Waals surface area contributed by atoms with Crippen LogP contribution in [0.2, 0.25) is 0 Å². The topological polar surface area (TPSA) is 61.4 Å². The quantitative estimate of drug-likeness (QED) is 0.328. The number of likely N-dealkylation sites (N-methyl/N-ethyl adjacent to an activating group) is 1. The van der Waals surface area contributed by atoms with Gasteiger partial charge in [0.25, 0.3) is 0 Å². The van der Waals surface area contributed by atoms with Gasteiger partial charge in [-0.15, -0.1) is 24.0 Å². The second-order valence-corrected chi connectivity index (χ2v) is 7.67. The van der Waals surface area contributed by atoms with Crippen LogP contribution in [0.1, 0.15) is 13.8 Å². The molecule has 2 aliphatic rings. The number of nitrogens with one attached hydrogen (secondary N) is 2. The number of rotatable bonds is 7. The largest absolute Gasteiger partial charge is 0.486 e. The molecular formula is C21H36IN5O2. The van der Waals surface area contributed by atoms with E-state index in [-0.39, 0.29) is 30.1 Å². The number of para-hydroxylation sites is 2. The van der Waals surface area contributed by atoms with Crippen LogP contribution in [0.5, 0.6) is 11.5 Å². The molecule has 0 bridgehead atoms. The monoisotopic (exact) mass is 517 g/mol. The summed E-state index contributed by atoms with van der Waals surface area (Å²) >= 11 is 0. The number of hydrogen-bond donors (Lipinski definition) is 2. The molecule has 2 heterocycles. The Balaban J connectivity index is 0.00000300. The molecule has 0 amide bonds.